The van der Waals surface area contributed by atoms with Crippen molar-refractivity contribution < 1.29 is 9.66 Å². The van der Waals surface area contributed by atoms with Gasteiger partial charge in [-0.1, -0.05) is 0 Å². The van der Waals surface area contributed by atoms with Gasteiger partial charge in [-0.05, 0) is 25.4 Å². The topological polar surface area (TPSA) is 96.0 Å². The number of aromatic nitrogens is 4. The van der Waals surface area contributed by atoms with Crippen LogP contribution in [-0.2, 0) is 0 Å². The molecule has 2 aromatic rings. The van der Waals surface area contributed by atoms with Crippen LogP contribution in [-0.4, -0.2) is 24.7 Å². The van der Waals surface area contributed by atoms with Crippen LogP contribution >= 0.6 is 11.6 Å². The van der Waals surface area contributed by atoms with E-state index in [0.717, 1.165) is 6.20 Å². The van der Waals surface area contributed by atoms with Crippen molar-refractivity contribution in [2.45, 2.75) is 19.9 Å². The number of hydrogen-bond donors (Lipinski definition) is 0. The number of nitrogens with zero attached hydrogens (tertiary/aromatic N) is 5. The largest absolute Gasteiger partial charge is 0.430 e. The van der Waals surface area contributed by atoms with E-state index < -0.39 is 4.92 Å². The summed E-state index contributed by atoms with van der Waals surface area (Å²) in [5, 5.41) is 14.7. The summed E-state index contributed by atoms with van der Waals surface area (Å²) in [5.41, 5.74) is -0.360. The molecule has 9 heteroatoms. The van der Waals surface area contributed by atoms with E-state index in [1.54, 1.807) is 10.9 Å². The van der Waals surface area contributed by atoms with Crippen molar-refractivity contribution in [3.63, 3.8) is 0 Å². The van der Waals surface area contributed by atoms with Crippen LogP contribution in [0.15, 0.2) is 18.6 Å². The third kappa shape index (κ3) is 2.97. The van der Waals surface area contributed by atoms with Crippen molar-refractivity contribution in [1.82, 2.24) is 19.7 Å². The Kier molecular flexibility index (Phi) is 3.61. The Balaban J connectivity index is 2.31. The molecule has 0 aliphatic rings. The van der Waals surface area contributed by atoms with Crippen LogP contribution in [0.4, 0.5) is 5.69 Å². The predicted molar refractivity (Wildman–Crippen MR) is 66.4 cm³/mol. The molecule has 2 heterocycles. The molecule has 8 nitrogen and oxygen atoms in total. The monoisotopic (exact) mass is 283 g/mol. The molecule has 0 saturated carbocycles. The van der Waals surface area contributed by atoms with Crippen molar-refractivity contribution >= 4 is 17.3 Å². The molecule has 0 aliphatic carbocycles. The first-order valence-electron chi connectivity index (χ1n) is 5.36. The maximum atomic E-state index is 10.8. The van der Waals surface area contributed by atoms with Gasteiger partial charge in [-0.2, -0.15) is 10.1 Å². The number of nitro groups is 1. The maximum Gasteiger partial charge on any atom is 0.349 e. The average molecular weight is 284 g/mol. The number of rotatable bonds is 4. The van der Waals surface area contributed by atoms with Crippen LogP contribution in [0.25, 0.3) is 0 Å². The van der Waals surface area contributed by atoms with Gasteiger partial charge in [-0.3, -0.25) is 14.8 Å². The van der Waals surface area contributed by atoms with Gasteiger partial charge in [-0.15, -0.1) is 0 Å². The zero-order valence-corrected chi connectivity index (χ0v) is 10.9. The molecule has 19 heavy (non-hydrogen) atoms. The summed E-state index contributed by atoms with van der Waals surface area (Å²) in [5.74, 6) is 0.125. The first-order valence-corrected chi connectivity index (χ1v) is 5.74. The Bertz CT molecular complexity index is 613. The van der Waals surface area contributed by atoms with E-state index in [0.29, 0.717) is 5.75 Å². The highest BCUT2D eigenvalue weighted by Gasteiger charge is 2.20. The molecular weight excluding hydrogens is 274 g/mol. The second kappa shape index (κ2) is 5.19. The summed E-state index contributed by atoms with van der Waals surface area (Å²) in [4.78, 5) is 17.4. The van der Waals surface area contributed by atoms with Gasteiger partial charge in [0.15, 0.2) is 5.75 Å². The summed E-state index contributed by atoms with van der Waals surface area (Å²) >= 11 is 5.60. The molecule has 0 fully saturated rings. The van der Waals surface area contributed by atoms with Crippen LogP contribution < -0.4 is 4.74 Å². The highest BCUT2D eigenvalue weighted by atomic mass is 35.5. The van der Waals surface area contributed by atoms with Crippen LogP contribution in [0, 0.1) is 10.1 Å². The second-order valence-corrected chi connectivity index (χ2v) is 4.28. The van der Waals surface area contributed by atoms with Gasteiger partial charge in [0, 0.05) is 6.04 Å². The highest BCUT2D eigenvalue weighted by Crippen LogP contribution is 2.29. The summed E-state index contributed by atoms with van der Waals surface area (Å²) in [6.07, 6.45) is 4.06. The van der Waals surface area contributed by atoms with Crippen molar-refractivity contribution in [1.29, 1.82) is 0 Å². The van der Waals surface area contributed by atoms with Gasteiger partial charge in [0.05, 0.1) is 17.3 Å². The molecule has 0 saturated heterocycles. The van der Waals surface area contributed by atoms with Gasteiger partial charge >= 0.3 is 11.6 Å². The van der Waals surface area contributed by atoms with E-state index in [4.69, 9.17) is 16.3 Å². The Hall–Kier alpha value is -2.22. The fraction of sp³-hybridized carbons (Fsp3) is 0.300. The van der Waals surface area contributed by atoms with E-state index in [2.05, 4.69) is 15.1 Å². The molecule has 0 radical (unpaired) electrons. The van der Waals surface area contributed by atoms with Crippen molar-refractivity contribution in [3.8, 4) is 11.6 Å². The molecule has 2 aromatic heterocycles. The van der Waals surface area contributed by atoms with Crippen LogP contribution in [0.2, 0.25) is 5.28 Å². The van der Waals surface area contributed by atoms with Gasteiger partial charge in [0.2, 0.25) is 5.28 Å². The fourth-order valence-electron chi connectivity index (χ4n) is 1.31. The van der Waals surface area contributed by atoms with Gasteiger partial charge in [0.25, 0.3) is 0 Å². The van der Waals surface area contributed by atoms with E-state index in [-0.39, 0.29) is 22.9 Å². The lowest BCUT2D eigenvalue weighted by Gasteiger charge is -2.04. The number of hydrogen-bond acceptors (Lipinski definition) is 6. The molecule has 0 aliphatic heterocycles. The third-order valence-corrected chi connectivity index (χ3v) is 2.41. The van der Waals surface area contributed by atoms with Gasteiger partial charge < -0.3 is 4.74 Å². The lowest BCUT2D eigenvalue weighted by atomic mass is 10.4. The normalized spacial score (nSPS) is 10.7. The Morgan fingerprint density at radius 1 is 1.47 bits per heavy atom. The zero-order valence-electron chi connectivity index (χ0n) is 10.1. The molecule has 2 rings (SSSR count). The van der Waals surface area contributed by atoms with Crippen LogP contribution in [0.1, 0.15) is 19.9 Å². The summed E-state index contributed by atoms with van der Waals surface area (Å²) in [7, 11) is 0. The minimum Gasteiger partial charge on any atom is -0.430 e. The van der Waals surface area contributed by atoms with Gasteiger partial charge in [0.1, 0.15) is 6.20 Å². The predicted octanol–water partition coefficient (Wildman–Crippen LogP) is 2.61. The molecule has 0 amide bonds. The molecule has 0 atom stereocenters. The molecule has 0 N–H and O–H groups in total. The molecule has 100 valence electrons. The molecule has 0 aromatic carbocycles. The summed E-state index contributed by atoms with van der Waals surface area (Å²) < 4.78 is 6.98. The first kappa shape index (κ1) is 13.2. The molecule has 0 bridgehead atoms. The smallest absolute Gasteiger partial charge is 0.349 e. The highest BCUT2D eigenvalue weighted by molar-refractivity contribution is 6.28. The number of ether oxygens (including phenoxy) is 1. The SMILES string of the molecule is CC(C)n1cc(Oc2nc(Cl)ncc2[N+](=O)[O-])cn1. The minimum atomic E-state index is -0.640. The first-order chi connectivity index (χ1) is 8.97. The molecule has 0 unspecified atom stereocenters. The summed E-state index contributed by atoms with van der Waals surface area (Å²) in [6, 6.07) is 0.154. The van der Waals surface area contributed by atoms with E-state index in [1.165, 1.54) is 6.20 Å². The standard InChI is InChI=1S/C10H10ClN5O3/c1-6(2)15-5-7(3-13-15)19-9-8(16(17)18)4-12-10(11)14-9/h3-6H,1-2H3. The second-order valence-electron chi connectivity index (χ2n) is 3.94. The summed E-state index contributed by atoms with van der Waals surface area (Å²) in [6.45, 7) is 3.89. The average Bonchev–Trinajstić information content (AvgIpc) is 2.77. The molecular formula is C10H10ClN5O3. The van der Waals surface area contributed by atoms with E-state index >= 15 is 0 Å². The molecule has 0 spiro atoms. The Morgan fingerprint density at radius 2 is 2.21 bits per heavy atom. The van der Waals surface area contributed by atoms with E-state index in [9.17, 15) is 10.1 Å². The quantitative estimate of drug-likeness (QED) is 0.486. The third-order valence-electron chi connectivity index (χ3n) is 2.22. The lowest BCUT2D eigenvalue weighted by molar-refractivity contribution is -0.386. The van der Waals surface area contributed by atoms with Crippen LogP contribution in [0.3, 0.4) is 0 Å². The van der Waals surface area contributed by atoms with Crippen molar-refractivity contribution in [2.24, 2.45) is 0 Å². The Labute approximate surface area is 113 Å². The van der Waals surface area contributed by atoms with Gasteiger partial charge in [-0.25, -0.2) is 4.98 Å². The van der Waals surface area contributed by atoms with Crippen molar-refractivity contribution in [2.75, 3.05) is 0 Å². The van der Waals surface area contributed by atoms with Crippen molar-refractivity contribution in [3.05, 3.63) is 34.0 Å². The van der Waals surface area contributed by atoms with E-state index in [1.807, 2.05) is 13.8 Å². The minimum absolute atomic E-state index is 0.128. The van der Waals surface area contributed by atoms with Crippen LogP contribution in [0.5, 0.6) is 11.6 Å². The maximum absolute atomic E-state index is 10.8. The number of halogens is 1. The zero-order chi connectivity index (χ0) is 14.0. The Morgan fingerprint density at radius 3 is 2.79 bits per heavy atom. The fourth-order valence-corrected chi connectivity index (χ4v) is 1.43. The lowest BCUT2D eigenvalue weighted by Crippen LogP contribution is -2.00.